The van der Waals surface area contributed by atoms with Crippen molar-refractivity contribution in [3.63, 3.8) is 0 Å². The summed E-state index contributed by atoms with van der Waals surface area (Å²) in [6.45, 7) is 4.33. The largest absolute Gasteiger partial charge is 0.459 e. The molecule has 0 aromatic heterocycles. The van der Waals surface area contributed by atoms with Crippen molar-refractivity contribution in [2.24, 2.45) is 28.6 Å². The lowest BCUT2D eigenvalue weighted by Gasteiger charge is -2.61. The van der Waals surface area contributed by atoms with Gasteiger partial charge < -0.3 is 25.2 Å². The highest BCUT2D eigenvalue weighted by Crippen LogP contribution is 2.67. The minimum Gasteiger partial charge on any atom is -0.459 e. The summed E-state index contributed by atoms with van der Waals surface area (Å²) >= 11 is 0. The zero-order chi connectivity index (χ0) is 23.6. The van der Waals surface area contributed by atoms with E-state index < -0.39 is 53.1 Å². The molecule has 8 heteroatoms. The lowest BCUT2D eigenvalue weighted by atomic mass is 9.44. The molecule has 0 radical (unpaired) electrons. The number of aliphatic hydroxyl groups excluding tert-OH is 3. The van der Waals surface area contributed by atoms with Crippen molar-refractivity contribution in [1.29, 1.82) is 0 Å². The maximum atomic E-state index is 12.5. The smallest absolute Gasteiger partial charge is 0.334 e. The van der Waals surface area contributed by atoms with E-state index in [0.717, 1.165) is 5.57 Å². The highest BCUT2D eigenvalue weighted by molar-refractivity contribution is 5.93. The minimum atomic E-state index is -1.68. The van der Waals surface area contributed by atoms with Crippen molar-refractivity contribution < 1.29 is 39.5 Å². The number of hydrogen-bond donors (Lipinski definition) is 4. The third-order valence-electron chi connectivity index (χ3n) is 9.33. The Kier molecular flexibility index (Phi) is 5.68. The fraction of sp³-hybridized carbons (Fsp3) is 0.792. The van der Waals surface area contributed by atoms with Crippen LogP contribution in [0.15, 0.2) is 11.6 Å². The molecule has 3 saturated carbocycles. The summed E-state index contributed by atoms with van der Waals surface area (Å²) in [7, 11) is 0. The molecule has 0 spiro atoms. The Balaban J connectivity index is 1.74. The third kappa shape index (κ3) is 3.06. The van der Waals surface area contributed by atoms with Crippen LogP contribution < -0.4 is 0 Å². The Bertz CT molecular complexity index is 864. The molecule has 0 aromatic carbocycles. The number of aliphatic hydroxyl groups is 4. The highest BCUT2D eigenvalue weighted by Gasteiger charge is 2.69. The van der Waals surface area contributed by atoms with Crippen molar-refractivity contribution in [2.75, 3.05) is 6.61 Å². The van der Waals surface area contributed by atoms with Crippen LogP contribution >= 0.6 is 0 Å². The molecule has 8 nitrogen and oxygen atoms in total. The second-order valence-corrected chi connectivity index (χ2v) is 10.7. The number of carbonyl (C=O) groups is 3. The predicted octanol–water partition coefficient (Wildman–Crippen LogP) is 0.684. The molecule has 4 N–H and O–H groups in total. The van der Waals surface area contributed by atoms with Gasteiger partial charge in [-0.3, -0.25) is 9.59 Å². The molecule has 0 bridgehead atoms. The zero-order valence-electron chi connectivity index (χ0n) is 18.9. The van der Waals surface area contributed by atoms with Crippen molar-refractivity contribution in [3.8, 4) is 0 Å². The molecular formula is C24H34O8. The average Bonchev–Trinajstić information content (AvgIpc) is 2.99. The molecule has 4 rings (SSSR count). The summed E-state index contributed by atoms with van der Waals surface area (Å²) in [5.74, 6) is -1.98. The van der Waals surface area contributed by atoms with Gasteiger partial charge in [-0.15, -0.1) is 0 Å². The molecule has 178 valence electrons. The van der Waals surface area contributed by atoms with E-state index in [1.807, 2.05) is 13.8 Å². The summed E-state index contributed by atoms with van der Waals surface area (Å²) < 4.78 is 5.63. The lowest BCUT2D eigenvalue weighted by molar-refractivity contribution is -0.199. The summed E-state index contributed by atoms with van der Waals surface area (Å²) in [6.07, 6.45) is 0.879. The van der Waals surface area contributed by atoms with Gasteiger partial charge in [0.1, 0.15) is 24.4 Å². The van der Waals surface area contributed by atoms with E-state index in [1.54, 1.807) is 6.08 Å². The van der Waals surface area contributed by atoms with Gasteiger partial charge in [-0.25, -0.2) is 4.79 Å². The van der Waals surface area contributed by atoms with Gasteiger partial charge in [0.05, 0.1) is 6.10 Å². The normalized spacial score (nSPS) is 46.4. The summed E-state index contributed by atoms with van der Waals surface area (Å²) in [4.78, 5) is 37.2. The van der Waals surface area contributed by atoms with Gasteiger partial charge in [-0.1, -0.05) is 19.4 Å². The molecule has 0 aliphatic heterocycles. The first-order valence-electron chi connectivity index (χ1n) is 11.6. The van der Waals surface area contributed by atoms with E-state index in [-0.39, 0.29) is 42.8 Å². The number of rotatable bonds is 4. The van der Waals surface area contributed by atoms with E-state index in [4.69, 9.17) is 4.74 Å². The van der Waals surface area contributed by atoms with Crippen LogP contribution in [0.5, 0.6) is 0 Å². The monoisotopic (exact) mass is 450 g/mol. The number of esters is 1. The molecule has 0 heterocycles. The predicted molar refractivity (Wildman–Crippen MR) is 112 cm³/mol. The topological polar surface area (TPSA) is 141 Å². The van der Waals surface area contributed by atoms with Crippen molar-refractivity contribution in [2.45, 2.75) is 83.2 Å². The van der Waals surface area contributed by atoms with Gasteiger partial charge in [-0.05, 0) is 56.9 Å². The van der Waals surface area contributed by atoms with Crippen LogP contribution in [0.3, 0.4) is 0 Å². The molecule has 9 unspecified atom stereocenters. The molecule has 4 aliphatic carbocycles. The third-order valence-corrected chi connectivity index (χ3v) is 9.33. The lowest BCUT2D eigenvalue weighted by Crippen LogP contribution is -2.64. The minimum absolute atomic E-state index is 0.0106. The first-order valence-corrected chi connectivity index (χ1v) is 11.6. The average molecular weight is 451 g/mol. The first kappa shape index (κ1) is 23.5. The molecule has 0 aromatic rings. The number of fused-ring (bicyclic) bond motifs is 5. The van der Waals surface area contributed by atoms with Crippen LogP contribution in [0.4, 0.5) is 0 Å². The summed E-state index contributed by atoms with van der Waals surface area (Å²) in [5.41, 5.74) is -2.50. The Morgan fingerprint density at radius 2 is 1.97 bits per heavy atom. The fourth-order valence-corrected chi connectivity index (χ4v) is 7.70. The van der Waals surface area contributed by atoms with Crippen LogP contribution in [0.25, 0.3) is 0 Å². The van der Waals surface area contributed by atoms with Crippen LogP contribution in [0.2, 0.25) is 0 Å². The van der Waals surface area contributed by atoms with Crippen molar-refractivity contribution >= 4 is 17.5 Å². The second kappa shape index (κ2) is 7.72. The van der Waals surface area contributed by atoms with Crippen LogP contribution in [0, 0.1) is 28.6 Å². The maximum Gasteiger partial charge on any atom is 0.334 e. The van der Waals surface area contributed by atoms with E-state index in [1.165, 1.54) is 6.92 Å². The van der Waals surface area contributed by atoms with Crippen LogP contribution in [-0.2, 0) is 19.1 Å². The molecule has 4 aliphatic rings. The number of ketones is 2. The first-order chi connectivity index (χ1) is 14.9. The molecule has 32 heavy (non-hydrogen) atoms. The zero-order valence-corrected chi connectivity index (χ0v) is 18.9. The molecule has 0 saturated heterocycles. The van der Waals surface area contributed by atoms with E-state index in [9.17, 15) is 34.8 Å². The van der Waals surface area contributed by atoms with Crippen LogP contribution in [-0.4, -0.2) is 68.5 Å². The number of ether oxygens (including phenoxy) is 1. The molecule has 0 amide bonds. The standard InChI is InChI=1S/C24H34O8/c1-12(26)21(30)32-19-9-14(27)8-13-4-5-15-16-6-7-24(31,18(29)11-25)22(16,2)10-17(28)20(15)23(13,19)3/h8,12,15-17,19-20,25-26,28,31H,4-7,9-11H2,1-3H3. The fourth-order valence-electron chi connectivity index (χ4n) is 7.70. The quantitative estimate of drug-likeness (QED) is 0.458. The van der Waals surface area contributed by atoms with E-state index >= 15 is 0 Å². The summed E-state index contributed by atoms with van der Waals surface area (Å²) in [6, 6.07) is 0. The van der Waals surface area contributed by atoms with E-state index in [0.29, 0.717) is 19.3 Å². The van der Waals surface area contributed by atoms with Gasteiger partial charge in [-0.2, -0.15) is 0 Å². The Morgan fingerprint density at radius 3 is 2.59 bits per heavy atom. The molecular weight excluding hydrogens is 416 g/mol. The van der Waals surface area contributed by atoms with Gasteiger partial charge >= 0.3 is 5.97 Å². The number of hydrogen-bond acceptors (Lipinski definition) is 8. The number of Topliss-reactive ketones (excluding diaryl/α,β-unsaturated/α-hetero) is 1. The van der Waals surface area contributed by atoms with E-state index in [2.05, 4.69) is 0 Å². The summed E-state index contributed by atoms with van der Waals surface area (Å²) in [5, 5.41) is 41.9. The Labute approximate surface area is 187 Å². The van der Waals surface area contributed by atoms with Gasteiger partial charge in [0.15, 0.2) is 11.6 Å². The van der Waals surface area contributed by atoms with Crippen molar-refractivity contribution in [3.05, 3.63) is 11.6 Å². The Hall–Kier alpha value is -1.61. The maximum absolute atomic E-state index is 12.5. The van der Waals surface area contributed by atoms with Crippen LogP contribution in [0.1, 0.15) is 59.3 Å². The number of carbonyl (C=O) groups excluding carboxylic acids is 3. The van der Waals surface area contributed by atoms with Gasteiger partial charge in [0.25, 0.3) is 0 Å². The second-order valence-electron chi connectivity index (χ2n) is 10.7. The van der Waals surface area contributed by atoms with Crippen molar-refractivity contribution in [1.82, 2.24) is 0 Å². The highest BCUT2D eigenvalue weighted by atomic mass is 16.6. The SMILES string of the molecule is CC(O)C(=O)OC1CC(=O)C=C2CCC3C(C(O)CC4(C)C3CCC4(O)C(=O)CO)C21C. The molecule has 3 fully saturated rings. The Morgan fingerprint density at radius 1 is 1.28 bits per heavy atom. The van der Waals surface area contributed by atoms with Gasteiger partial charge in [0, 0.05) is 23.2 Å². The molecule has 9 atom stereocenters. The van der Waals surface area contributed by atoms with Gasteiger partial charge in [0.2, 0.25) is 0 Å².